The molecule has 1 aliphatic carbocycles. The molecule has 0 aromatic carbocycles. The normalized spacial score (nSPS) is 15.6. The van der Waals surface area contributed by atoms with Crippen LogP contribution >= 0.6 is 0 Å². The van der Waals surface area contributed by atoms with Gasteiger partial charge in [0.15, 0.2) is 0 Å². The summed E-state index contributed by atoms with van der Waals surface area (Å²) in [5.74, 6) is 0.980. The highest BCUT2D eigenvalue weighted by Crippen LogP contribution is 2.18. The van der Waals surface area contributed by atoms with E-state index in [0.717, 1.165) is 12.2 Å². The molecule has 0 unspecified atom stereocenters. The van der Waals surface area contributed by atoms with Crippen LogP contribution in [0.1, 0.15) is 11.3 Å². The SMILES string of the molecule is [C]1C=Cc2occc2C1. The number of rotatable bonds is 0. The third-order valence-electron chi connectivity index (χ3n) is 1.43. The molecule has 0 bridgehead atoms. The maximum atomic E-state index is 5.13. The highest BCUT2D eigenvalue weighted by Gasteiger charge is 2.05. The van der Waals surface area contributed by atoms with Gasteiger partial charge in [-0.1, -0.05) is 6.08 Å². The van der Waals surface area contributed by atoms with Gasteiger partial charge in [0.2, 0.25) is 0 Å². The van der Waals surface area contributed by atoms with Crippen molar-refractivity contribution < 1.29 is 4.42 Å². The van der Waals surface area contributed by atoms with Crippen molar-refractivity contribution in [1.29, 1.82) is 0 Å². The smallest absolute Gasteiger partial charge is 0.129 e. The lowest BCUT2D eigenvalue weighted by Gasteiger charge is -1.99. The topological polar surface area (TPSA) is 13.1 Å². The summed E-state index contributed by atoms with van der Waals surface area (Å²) in [6.45, 7) is 0. The highest BCUT2D eigenvalue weighted by molar-refractivity contribution is 5.52. The third-order valence-corrected chi connectivity index (χ3v) is 1.43. The fourth-order valence-electron chi connectivity index (χ4n) is 0.943. The van der Waals surface area contributed by atoms with Gasteiger partial charge in [-0.05, 0) is 24.1 Å². The van der Waals surface area contributed by atoms with Crippen LogP contribution in [0.25, 0.3) is 6.08 Å². The Hall–Kier alpha value is -0.980. The monoisotopic (exact) mass is 118 g/mol. The average molecular weight is 118 g/mol. The van der Waals surface area contributed by atoms with E-state index < -0.39 is 0 Å². The molecule has 1 heterocycles. The summed E-state index contributed by atoms with van der Waals surface area (Å²) in [6, 6.07) is 1.98. The Labute approximate surface area is 54.0 Å². The fourth-order valence-corrected chi connectivity index (χ4v) is 0.943. The maximum Gasteiger partial charge on any atom is 0.129 e. The maximum absolute atomic E-state index is 5.13. The molecule has 0 spiro atoms. The number of furan rings is 1. The Morgan fingerprint density at radius 3 is 3.44 bits per heavy atom. The van der Waals surface area contributed by atoms with E-state index in [1.54, 1.807) is 6.26 Å². The summed E-state index contributed by atoms with van der Waals surface area (Å²) in [5.41, 5.74) is 1.23. The summed E-state index contributed by atoms with van der Waals surface area (Å²) in [7, 11) is 0. The summed E-state index contributed by atoms with van der Waals surface area (Å²) in [5, 5.41) is 0. The molecule has 0 saturated carbocycles. The summed E-state index contributed by atoms with van der Waals surface area (Å²) in [6.07, 6.45) is 9.51. The second kappa shape index (κ2) is 1.76. The van der Waals surface area contributed by atoms with Crippen molar-refractivity contribution in [3.8, 4) is 0 Å². The number of fused-ring (bicyclic) bond motifs is 1. The van der Waals surface area contributed by atoms with Crippen LogP contribution in [0.3, 0.4) is 0 Å². The quantitative estimate of drug-likeness (QED) is 0.507. The molecule has 0 amide bonds. The van der Waals surface area contributed by atoms with Gasteiger partial charge >= 0.3 is 0 Å². The zero-order chi connectivity index (χ0) is 6.10. The zero-order valence-electron chi connectivity index (χ0n) is 4.92. The van der Waals surface area contributed by atoms with E-state index in [1.165, 1.54) is 5.56 Å². The van der Waals surface area contributed by atoms with E-state index in [1.807, 2.05) is 18.2 Å². The summed E-state index contributed by atoms with van der Waals surface area (Å²) in [4.78, 5) is 0. The van der Waals surface area contributed by atoms with Crippen LogP contribution in [0.4, 0.5) is 0 Å². The second-order valence-corrected chi connectivity index (χ2v) is 2.02. The van der Waals surface area contributed by atoms with Crippen molar-refractivity contribution in [3.05, 3.63) is 36.2 Å². The molecule has 0 atom stereocenters. The first kappa shape index (κ1) is 4.86. The third kappa shape index (κ3) is 0.689. The van der Waals surface area contributed by atoms with Gasteiger partial charge in [0, 0.05) is 6.42 Å². The minimum Gasteiger partial charge on any atom is -0.465 e. The van der Waals surface area contributed by atoms with Gasteiger partial charge in [-0.2, -0.15) is 0 Å². The molecule has 1 aromatic rings. The Morgan fingerprint density at radius 1 is 1.56 bits per heavy atom. The number of hydrogen-bond donors (Lipinski definition) is 0. The van der Waals surface area contributed by atoms with Gasteiger partial charge in [-0.15, -0.1) is 0 Å². The number of allylic oxidation sites excluding steroid dienone is 1. The molecular formula is C8H6O. The molecule has 0 aliphatic heterocycles. The molecule has 44 valence electrons. The summed E-state index contributed by atoms with van der Waals surface area (Å²) >= 11 is 0. The van der Waals surface area contributed by atoms with Gasteiger partial charge in [0.05, 0.1) is 6.26 Å². The van der Waals surface area contributed by atoms with Gasteiger partial charge < -0.3 is 4.42 Å². The van der Waals surface area contributed by atoms with Crippen molar-refractivity contribution in [1.82, 2.24) is 0 Å². The predicted molar refractivity (Wildman–Crippen MR) is 34.7 cm³/mol. The Morgan fingerprint density at radius 2 is 2.56 bits per heavy atom. The van der Waals surface area contributed by atoms with E-state index in [2.05, 4.69) is 6.42 Å². The van der Waals surface area contributed by atoms with Crippen molar-refractivity contribution in [2.24, 2.45) is 0 Å². The van der Waals surface area contributed by atoms with Crippen LogP contribution in [0, 0.1) is 6.42 Å². The van der Waals surface area contributed by atoms with Gasteiger partial charge in [-0.3, -0.25) is 0 Å². The molecule has 1 heteroatoms. The zero-order valence-corrected chi connectivity index (χ0v) is 4.92. The van der Waals surface area contributed by atoms with E-state index >= 15 is 0 Å². The minimum atomic E-state index is 0.891. The largest absolute Gasteiger partial charge is 0.465 e. The molecule has 1 nitrogen and oxygen atoms in total. The predicted octanol–water partition coefficient (Wildman–Crippen LogP) is 1.93. The van der Waals surface area contributed by atoms with E-state index in [-0.39, 0.29) is 0 Å². The highest BCUT2D eigenvalue weighted by atomic mass is 16.3. The van der Waals surface area contributed by atoms with Crippen molar-refractivity contribution >= 4 is 6.08 Å². The van der Waals surface area contributed by atoms with Gasteiger partial charge in [0.25, 0.3) is 0 Å². The van der Waals surface area contributed by atoms with Gasteiger partial charge in [0.1, 0.15) is 5.76 Å². The standard InChI is InChI=1S/C8H6O/c1-2-4-8-7(3-1)5-6-9-8/h2,4-6H,3H2. The lowest BCUT2D eigenvalue weighted by molar-refractivity contribution is 0.553. The molecule has 9 heavy (non-hydrogen) atoms. The molecule has 2 radical (unpaired) electrons. The first-order valence-electron chi connectivity index (χ1n) is 2.93. The minimum absolute atomic E-state index is 0.891. The Bertz CT molecular complexity index is 232. The lowest BCUT2D eigenvalue weighted by atomic mass is 10.1. The molecule has 0 saturated heterocycles. The first-order chi connectivity index (χ1) is 4.47. The van der Waals surface area contributed by atoms with Crippen LogP contribution in [0.2, 0.25) is 0 Å². The fraction of sp³-hybridized carbons (Fsp3) is 0.125. The van der Waals surface area contributed by atoms with E-state index in [0.29, 0.717) is 0 Å². The Kier molecular flexibility index (Phi) is 0.950. The molecule has 1 aromatic heterocycles. The van der Waals surface area contributed by atoms with Crippen molar-refractivity contribution in [3.63, 3.8) is 0 Å². The first-order valence-corrected chi connectivity index (χ1v) is 2.93. The van der Waals surface area contributed by atoms with E-state index in [4.69, 9.17) is 4.42 Å². The lowest BCUT2D eigenvalue weighted by Crippen LogP contribution is -1.88. The van der Waals surface area contributed by atoms with Crippen LogP contribution in [0.15, 0.2) is 22.8 Å². The molecule has 1 aliphatic rings. The van der Waals surface area contributed by atoms with E-state index in [9.17, 15) is 0 Å². The average Bonchev–Trinajstić information content (AvgIpc) is 2.33. The summed E-state index contributed by atoms with van der Waals surface area (Å²) < 4.78 is 5.13. The van der Waals surface area contributed by atoms with Crippen LogP contribution in [0.5, 0.6) is 0 Å². The van der Waals surface area contributed by atoms with Gasteiger partial charge in [-0.25, -0.2) is 0 Å². The van der Waals surface area contributed by atoms with Crippen LogP contribution < -0.4 is 0 Å². The molecule has 0 N–H and O–H groups in total. The van der Waals surface area contributed by atoms with Crippen LogP contribution in [-0.4, -0.2) is 0 Å². The second-order valence-electron chi connectivity index (χ2n) is 2.02. The Balaban J connectivity index is 2.53. The number of hydrogen-bond acceptors (Lipinski definition) is 1. The molecule has 2 rings (SSSR count). The molecule has 0 fully saturated rings. The van der Waals surface area contributed by atoms with Crippen molar-refractivity contribution in [2.75, 3.05) is 0 Å². The molecular weight excluding hydrogens is 112 g/mol. The van der Waals surface area contributed by atoms with Crippen LogP contribution in [-0.2, 0) is 6.42 Å². The van der Waals surface area contributed by atoms with Crippen molar-refractivity contribution in [2.45, 2.75) is 6.42 Å².